The van der Waals surface area contributed by atoms with Crippen LogP contribution in [0.1, 0.15) is 29.5 Å². The molecule has 0 amide bonds. The number of aryl methyl sites for hydroxylation is 1. The Hall–Kier alpha value is -0.640. The normalized spacial score (nSPS) is 23.2. The molecule has 0 aliphatic carbocycles. The van der Waals surface area contributed by atoms with Crippen molar-refractivity contribution in [2.45, 2.75) is 25.0 Å². The quantitative estimate of drug-likeness (QED) is 0.726. The number of hydrogen-bond acceptors (Lipinski definition) is 4. The average molecular weight is 184 g/mol. The van der Waals surface area contributed by atoms with E-state index in [0.717, 1.165) is 11.5 Å². The first kappa shape index (κ1) is 7.98. The molecule has 66 valence electrons. The maximum absolute atomic E-state index is 5.46. The van der Waals surface area contributed by atoms with E-state index in [1.54, 1.807) is 0 Å². The van der Waals surface area contributed by atoms with Crippen LogP contribution in [0, 0.1) is 6.92 Å². The zero-order chi connectivity index (χ0) is 8.55. The van der Waals surface area contributed by atoms with E-state index in [4.69, 9.17) is 10.2 Å². The third kappa shape index (κ3) is 1.31. The fourth-order valence-electron chi connectivity index (χ4n) is 1.52. The zero-order valence-electron chi connectivity index (χ0n) is 7.04. The number of hydrogen-bond donors (Lipinski definition) is 1. The van der Waals surface area contributed by atoms with Crippen molar-refractivity contribution in [2.24, 2.45) is 0 Å². The number of nitrogens with zero attached hydrogens (tertiary/aromatic N) is 1. The predicted molar refractivity (Wildman–Crippen MR) is 50.1 cm³/mol. The van der Waals surface area contributed by atoms with Gasteiger partial charge in [-0.15, -0.1) is 0 Å². The van der Waals surface area contributed by atoms with E-state index >= 15 is 0 Å². The summed E-state index contributed by atoms with van der Waals surface area (Å²) in [7, 11) is 0. The Morgan fingerprint density at radius 2 is 2.50 bits per heavy atom. The second kappa shape index (κ2) is 3.01. The van der Waals surface area contributed by atoms with Gasteiger partial charge in [-0.1, -0.05) is 0 Å². The van der Waals surface area contributed by atoms with Crippen LogP contribution in [0.2, 0.25) is 0 Å². The second-order valence-corrected chi connectivity index (χ2v) is 4.31. The molecule has 2 rings (SSSR count). The van der Waals surface area contributed by atoms with Gasteiger partial charge in [0.2, 0.25) is 0 Å². The molecular weight excluding hydrogens is 172 g/mol. The lowest BCUT2D eigenvalue weighted by molar-refractivity contribution is 0.544. The minimum atomic E-state index is 0.301. The van der Waals surface area contributed by atoms with Crippen LogP contribution in [-0.4, -0.2) is 10.7 Å². The van der Waals surface area contributed by atoms with Gasteiger partial charge in [0, 0.05) is 0 Å². The van der Waals surface area contributed by atoms with Gasteiger partial charge in [-0.25, -0.2) is 0 Å². The number of anilines is 1. The van der Waals surface area contributed by atoms with Gasteiger partial charge < -0.3 is 10.2 Å². The van der Waals surface area contributed by atoms with E-state index in [0.29, 0.717) is 11.3 Å². The van der Waals surface area contributed by atoms with Gasteiger partial charge in [-0.05, 0) is 25.5 Å². The third-order valence-electron chi connectivity index (χ3n) is 2.08. The standard InChI is InChI=1S/C8H12N2OS/c1-5-7(10-8(9)11-5)6-3-2-4-12-6/h6H,2-4H2,1H3,(H2,9,10). The fourth-order valence-corrected chi connectivity index (χ4v) is 2.85. The second-order valence-electron chi connectivity index (χ2n) is 3.00. The summed E-state index contributed by atoms with van der Waals surface area (Å²) < 4.78 is 5.18. The summed E-state index contributed by atoms with van der Waals surface area (Å²) in [5.74, 6) is 2.11. The van der Waals surface area contributed by atoms with Gasteiger partial charge in [-0.3, -0.25) is 0 Å². The van der Waals surface area contributed by atoms with E-state index in [1.165, 1.54) is 18.6 Å². The Morgan fingerprint density at radius 3 is 3.00 bits per heavy atom. The van der Waals surface area contributed by atoms with Crippen LogP contribution in [0.3, 0.4) is 0 Å². The number of oxazole rings is 1. The minimum absolute atomic E-state index is 0.301. The molecule has 1 aromatic heterocycles. The molecule has 1 aliphatic heterocycles. The third-order valence-corrected chi connectivity index (χ3v) is 3.47. The average Bonchev–Trinajstić information content (AvgIpc) is 2.58. The van der Waals surface area contributed by atoms with Gasteiger partial charge in [0.1, 0.15) is 5.76 Å². The van der Waals surface area contributed by atoms with Gasteiger partial charge in [0.15, 0.2) is 0 Å². The molecule has 1 aromatic rings. The number of nitrogens with two attached hydrogens (primary N) is 1. The molecule has 2 heterocycles. The van der Waals surface area contributed by atoms with Crippen molar-refractivity contribution in [1.82, 2.24) is 4.98 Å². The molecule has 3 nitrogen and oxygen atoms in total. The monoisotopic (exact) mass is 184 g/mol. The highest BCUT2D eigenvalue weighted by molar-refractivity contribution is 7.99. The lowest BCUT2D eigenvalue weighted by Gasteiger charge is -2.03. The molecule has 12 heavy (non-hydrogen) atoms. The molecule has 4 heteroatoms. The molecule has 2 N–H and O–H groups in total. The first-order valence-corrected chi connectivity index (χ1v) is 5.16. The van der Waals surface area contributed by atoms with Crippen LogP contribution in [0.15, 0.2) is 4.42 Å². The molecule has 1 saturated heterocycles. The number of thioether (sulfide) groups is 1. The number of rotatable bonds is 1. The summed E-state index contributed by atoms with van der Waals surface area (Å²) in [5.41, 5.74) is 6.51. The molecule has 0 radical (unpaired) electrons. The lowest BCUT2D eigenvalue weighted by atomic mass is 10.2. The highest BCUT2D eigenvalue weighted by Crippen LogP contribution is 2.40. The van der Waals surface area contributed by atoms with Crippen molar-refractivity contribution in [1.29, 1.82) is 0 Å². The van der Waals surface area contributed by atoms with E-state index in [2.05, 4.69) is 4.98 Å². The van der Waals surface area contributed by atoms with Crippen LogP contribution in [0.5, 0.6) is 0 Å². The summed E-state index contributed by atoms with van der Waals surface area (Å²) in [6.07, 6.45) is 2.49. The molecule has 0 bridgehead atoms. The minimum Gasteiger partial charge on any atom is -0.429 e. The molecule has 0 aromatic carbocycles. The van der Waals surface area contributed by atoms with E-state index in [9.17, 15) is 0 Å². The Morgan fingerprint density at radius 1 is 1.67 bits per heavy atom. The van der Waals surface area contributed by atoms with E-state index in [-0.39, 0.29) is 0 Å². The molecule has 1 fully saturated rings. The Bertz CT molecular complexity index is 279. The summed E-state index contributed by atoms with van der Waals surface area (Å²) in [4.78, 5) is 4.18. The lowest BCUT2D eigenvalue weighted by Crippen LogP contribution is -1.92. The molecule has 1 atom stereocenters. The Kier molecular flexibility index (Phi) is 2.00. The summed E-state index contributed by atoms with van der Waals surface area (Å²) in [6, 6.07) is 0.301. The summed E-state index contributed by atoms with van der Waals surface area (Å²) >= 11 is 1.94. The number of aromatic nitrogens is 1. The topological polar surface area (TPSA) is 52.0 Å². The van der Waals surface area contributed by atoms with Crippen molar-refractivity contribution in [3.8, 4) is 0 Å². The van der Waals surface area contributed by atoms with Crippen molar-refractivity contribution < 1.29 is 4.42 Å². The van der Waals surface area contributed by atoms with Crippen LogP contribution < -0.4 is 5.73 Å². The summed E-state index contributed by atoms with van der Waals surface area (Å²) in [6.45, 7) is 1.93. The van der Waals surface area contributed by atoms with Crippen LogP contribution in [0.4, 0.5) is 6.01 Å². The molecule has 0 spiro atoms. The Labute approximate surface area is 75.7 Å². The van der Waals surface area contributed by atoms with Crippen LogP contribution in [0.25, 0.3) is 0 Å². The van der Waals surface area contributed by atoms with Crippen LogP contribution in [-0.2, 0) is 0 Å². The molecule has 1 unspecified atom stereocenters. The van der Waals surface area contributed by atoms with Crippen molar-refractivity contribution in [3.05, 3.63) is 11.5 Å². The summed E-state index contributed by atoms with van der Waals surface area (Å²) in [5, 5.41) is 0.519. The number of nitrogen functional groups attached to an aromatic ring is 1. The van der Waals surface area contributed by atoms with Crippen molar-refractivity contribution >= 4 is 17.8 Å². The predicted octanol–water partition coefficient (Wildman–Crippen LogP) is 2.13. The SMILES string of the molecule is Cc1oc(N)nc1C1CCCS1. The van der Waals surface area contributed by atoms with Crippen molar-refractivity contribution in [2.75, 3.05) is 11.5 Å². The maximum Gasteiger partial charge on any atom is 0.292 e. The van der Waals surface area contributed by atoms with E-state index < -0.39 is 0 Å². The maximum atomic E-state index is 5.46. The largest absolute Gasteiger partial charge is 0.429 e. The molecule has 0 saturated carbocycles. The highest BCUT2D eigenvalue weighted by Gasteiger charge is 2.23. The van der Waals surface area contributed by atoms with Gasteiger partial charge >= 0.3 is 0 Å². The van der Waals surface area contributed by atoms with E-state index in [1.807, 2.05) is 18.7 Å². The molecular formula is C8H12N2OS. The highest BCUT2D eigenvalue weighted by atomic mass is 32.2. The van der Waals surface area contributed by atoms with Crippen LogP contribution >= 0.6 is 11.8 Å². The smallest absolute Gasteiger partial charge is 0.292 e. The van der Waals surface area contributed by atoms with Gasteiger partial charge in [0.05, 0.1) is 10.9 Å². The van der Waals surface area contributed by atoms with Gasteiger partial charge in [0.25, 0.3) is 6.01 Å². The van der Waals surface area contributed by atoms with Crippen molar-refractivity contribution in [3.63, 3.8) is 0 Å². The zero-order valence-corrected chi connectivity index (χ0v) is 7.86. The fraction of sp³-hybridized carbons (Fsp3) is 0.625. The molecule has 1 aliphatic rings. The Balaban J connectivity index is 2.25. The first-order valence-electron chi connectivity index (χ1n) is 4.12. The van der Waals surface area contributed by atoms with Gasteiger partial charge in [-0.2, -0.15) is 16.7 Å². The first-order chi connectivity index (χ1) is 5.77.